The zero-order valence-corrected chi connectivity index (χ0v) is 13.4. The van der Waals surface area contributed by atoms with Crippen molar-refractivity contribution in [2.75, 3.05) is 7.11 Å². The highest BCUT2D eigenvalue weighted by molar-refractivity contribution is 5.45. The van der Waals surface area contributed by atoms with Gasteiger partial charge in [-0.1, -0.05) is 5.21 Å². The summed E-state index contributed by atoms with van der Waals surface area (Å²) in [5.41, 5.74) is 0.844. The minimum Gasteiger partial charge on any atom is -0.353 e. The number of methoxy groups -OCH3 is 1. The van der Waals surface area contributed by atoms with E-state index in [0.717, 1.165) is 11.6 Å². The van der Waals surface area contributed by atoms with E-state index in [2.05, 4.69) is 10.3 Å². The molecule has 0 amide bonds. The first-order valence-electron chi connectivity index (χ1n) is 7.72. The Morgan fingerprint density at radius 2 is 1.96 bits per heavy atom. The lowest BCUT2D eigenvalue weighted by molar-refractivity contribution is -0.228. The number of ether oxygens (including phenoxy) is 4. The van der Waals surface area contributed by atoms with E-state index in [0.29, 0.717) is 6.54 Å². The lowest BCUT2D eigenvalue weighted by atomic mass is 10.1. The van der Waals surface area contributed by atoms with Crippen LogP contribution in [0.3, 0.4) is 0 Å². The average molecular weight is 318 g/mol. The summed E-state index contributed by atoms with van der Waals surface area (Å²) < 4.78 is 24.9. The lowest BCUT2D eigenvalue weighted by Crippen LogP contribution is -2.33. The summed E-state index contributed by atoms with van der Waals surface area (Å²) >= 11 is 0. The molecule has 0 spiro atoms. The standard InChI is InChI=1S/C16H20N3O4/c1-16(2)22-13-12(21-15(20-3)14(13)23-16)9-19-8-11(17-18-19)10-6-4-5-7-10/h4-8,12-15H,9H2,1-3H3/t12-,13-,14-,15-/m1/s1. The Morgan fingerprint density at radius 3 is 2.70 bits per heavy atom. The van der Waals surface area contributed by atoms with Crippen LogP contribution >= 0.6 is 0 Å². The third kappa shape index (κ3) is 2.91. The molecule has 5 radical (unpaired) electrons. The molecule has 0 N–H and O–H groups in total. The normalized spacial score (nSPS) is 36.7. The molecule has 2 saturated heterocycles. The summed E-state index contributed by atoms with van der Waals surface area (Å²) in [6, 6.07) is 0. The fourth-order valence-electron chi connectivity index (χ4n) is 3.23. The molecule has 1 aromatic heterocycles. The molecule has 123 valence electrons. The van der Waals surface area contributed by atoms with Gasteiger partial charge in [0.2, 0.25) is 0 Å². The number of fused-ring (bicyclic) bond motifs is 1. The van der Waals surface area contributed by atoms with E-state index in [9.17, 15) is 0 Å². The Kier molecular flexibility index (Phi) is 3.91. The molecular weight excluding hydrogens is 298 g/mol. The molecule has 1 aliphatic carbocycles. The zero-order valence-electron chi connectivity index (χ0n) is 13.4. The summed E-state index contributed by atoms with van der Waals surface area (Å²) in [5.74, 6) is 0.426. The summed E-state index contributed by atoms with van der Waals surface area (Å²) in [6.45, 7) is 4.34. The maximum absolute atomic E-state index is 5.98. The van der Waals surface area contributed by atoms with Crippen molar-refractivity contribution in [1.82, 2.24) is 15.0 Å². The van der Waals surface area contributed by atoms with E-state index < -0.39 is 12.1 Å². The van der Waals surface area contributed by atoms with Crippen LogP contribution in [-0.2, 0) is 25.5 Å². The van der Waals surface area contributed by atoms with Gasteiger partial charge in [-0.25, -0.2) is 4.68 Å². The lowest BCUT2D eigenvalue weighted by Gasteiger charge is -2.23. The average Bonchev–Trinajstić information content (AvgIpc) is 3.24. The van der Waals surface area contributed by atoms with Gasteiger partial charge in [-0.3, -0.25) is 0 Å². The molecule has 1 saturated carbocycles. The Labute approximate surface area is 136 Å². The summed E-state index contributed by atoms with van der Waals surface area (Å²) in [5, 5.41) is 8.39. The second-order valence-electron chi connectivity index (χ2n) is 6.34. The summed E-state index contributed by atoms with van der Waals surface area (Å²) in [4.78, 5) is 0. The number of nitrogens with zero attached hydrogens (tertiary/aromatic N) is 3. The third-order valence-electron chi connectivity index (χ3n) is 4.20. The van der Waals surface area contributed by atoms with E-state index in [1.165, 1.54) is 0 Å². The number of aromatic nitrogens is 3. The fraction of sp³-hybridized carbons (Fsp3) is 0.562. The largest absolute Gasteiger partial charge is 0.353 e. The summed E-state index contributed by atoms with van der Waals surface area (Å²) in [7, 11) is 1.61. The van der Waals surface area contributed by atoms with Gasteiger partial charge in [-0.2, -0.15) is 0 Å². The first kappa shape index (κ1) is 15.5. The molecular formula is C16H20N3O4. The van der Waals surface area contributed by atoms with Crippen molar-refractivity contribution in [3.05, 3.63) is 43.5 Å². The molecule has 3 aliphatic rings. The predicted octanol–water partition coefficient (Wildman–Crippen LogP) is 0.923. The van der Waals surface area contributed by atoms with E-state index >= 15 is 0 Å². The third-order valence-corrected chi connectivity index (χ3v) is 4.20. The van der Waals surface area contributed by atoms with Gasteiger partial charge >= 0.3 is 0 Å². The van der Waals surface area contributed by atoms with Gasteiger partial charge in [0.15, 0.2) is 12.1 Å². The first-order valence-corrected chi connectivity index (χ1v) is 7.72. The molecule has 0 aromatic carbocycles. The summed E-state index contributed by atoms with van der Waals surface area (Å²) in [6.07, 6.45) is 8.86. The zero-order chi connectivity index (χ0) is 16.0. The van der Waals surface area contributed by atoms with E-state index in [-0.39, 0.29) is 18.3 Å². The molecule has 4 atom stereocenters. The van der Waals surface area contributed by atoms with Crippen LogP contribution in [0.25, 0.3) is 0 Å². The Balaban J connectivity index is 1.46. The van der Waals surface area contributed by atoms with Crippen molar-refractivity contribution in [3.63, 3.8) is 0 Å². The quantitative estimate of drug-likeness (QED) is 0.822. The topological polar surface area (TPSA) is 67.6 Å². The van der Waals surface area contributed by atoms with Gasteiger partial charge in [0.25, 0.3) is 0 Å². The molecule has 1 aromatic rings. The van der Waals surface area contributed by atoms with Crippen LogP contribution in [0.5, 0.6) is 0 Å². The molecule has 0 unspecified atom stereocenters. The van der Waals surface area contributed by atoms with Crippen molar-refractivity contribution in [2.45, 2.75) is 50.8 Å². The molecule has 3 fully saturated rings. The van der Waals surface area contributed by atoms with Crippen LogP contribution in [0.1, 0.15) is 19.5 Å². The van der Waals surface area contributed by atoms with Gasteiger partial charge < -0.3 is 18.9 Å². The second-order valence-corrected chi connectivity index (χ2v) is 6.34. The maximum Gasteiger partial charge on any atom is 0.186 e. The van der Waals surface area contributed by atoms with Gasteiger partial charge in [0.1, 0.15) is 18.3 Å². The molecule has 0 bridgehead atoms. The highest BCUT2D eigenvalue weighted by atomic mass is 16.8. The van der Waals surface area contributed by atoms with Gasteiger partial charge in [-0.15, -0.1) is 5.10 Å². The number of rotatable bonds is 4. The smallest absolute Gasteiger partial charge is 0.186 e. The molecule has 3 heterocycles. The predicted molar refractivity (Wildman–Crippen MR) is 79.1 cm³/mol. The monoisotopic (exact) mass is 318 g/mol. The van der Waals surface area contributed by atoms with Crippen LogP contribution in [0.15, 0.2) is 6.20 Å². The second kappa shape index (κ2) is 5.81. The molecule has 7 heteroatoms. The first-order chi connectivity index (χ1) is 11.1. The number of hydrogen-bond donors (Lipinski definition) is 0. The van der Waals surface area contributed by atoms with Gasteiger partial charge in [0, 0.05) is 19.2 Å². The van der Waals surface area contributed by atoms with E-state index in [1.54, 1.807) is 11.8 Å². The van der Waals surface area contributed by atoms with Crippen molar-refractivity contribution in [1.29, 1.82) is 0 Å². The Bertz CT molecular complexity index is 555. The van der Waals surface area contributed by atoms with Crippen LogP contribution < -0.4 is 0 Å². The minimum absolute atomic E-state index is 0.179. The highest BCUT2D eigenvalue weighted by Crippen LogP contribution is 2.39. The molecule has 7 nitrogen and oxygen atoms in total. The minimum atomic E-state index is -0.628. The highest BCUT2D eigenvalue weighted by Gasteiger charge is 2.55. The Morgan fingerprint density at radius 1 is 1.22 bits per heavy atom. The van der Waals surface area contributed by atoms with E-state index in [4.69, 9.17) is 18.9 Å². The maximum atomic E-state index is 5.98. The fourth-order valence-corrected chi connectivity index (χ4v) is 3.23. The SMILES string of the molecule is CO[C@@H]1O[C@H](Cn2cc([C]3[CH][CH][CH][CH]3)nn2)[C@H]2OC(C)(C)O[C@@H]12. The van der Waals surface area contributed by atoms with Gasteiger partial charge in [0.05, 0.1) is 12.2 Å². The van der Waals surface area contributed by atoms with Crippen LogP contribution in [-0.4, -0.2) is 52.5 Å². The van der Waals surface area contributed by atoms with Crippen molar-refractivity contribution in [2.24, 2.45) is 0 Å². The number of hydrogen-bond acceptors (Lipinski definition) is 6. The van der Waals surface area contributed by atoms with Gasteiger partial charge in [-0.05, 0) is 39.5 Å². The Hall–Kier alpha value is -1.02. The van der Waals surface area contributed by atoms with Crippen molar-refractivity contribution in [3.8, 4) is 0 Å². The molecule has 2 aliphatic heterocycles. The molecule has 23 heavy (non-hydrogen) atoms. The van der Waals surface area contributed by atoms with Crippen LogP contribution in [0.4, 0.5) is 0 Å². The van der Waals surface area contributed by atoms with Crippen LogP contribution in [0, 0.1) is 31.6 Å². The van der Waals surface area contributed by atoms with Crippen molar-refractivity contribution < 1.29 is 18.9 Å². The van der Waals surface area contributed by atoms with Crippen LogP contribution in [0.2, 0.25) is 0 Å². The van der Waals surface area contributed by atoms with E-state index in [1.807, 2.05) is 45.7 Å². The molecule has 4 rings (SSSR count). The van der Waals surface area contributed by atoms with Crippen molar-refractivity contribution >= 4 is 0 Å².